The van der Waals surface area contributed by atoms with E-state index in [0.717, 1.165) is 37.1 Å². The Morgan fingerprint density at radius 3 is 2.50 bits per heavy atom. The van der Waals surface area contributed by atoms with E-state index in [1.165, 1.54) is 5.57 Å². The van der Waals surface area contributed by atoms with Gasteiger partial charge in [-0.2, -0.15) is 16.9 Å². The molecule has 1 fully saturated rings. The third-order valence-corrected chi connectivity index (χ3v) is 7.01. The first-order chi connectivity index (χ1) is 14.4. The number of hydrogen-bond donors (Lipinski definition) is 0. The molecule has 0 aliphatic carbocycles. The van der Waals surface area contributed by atoms with Crippen LogP contribution in [-0.2, 0) is 11.8 Å². The van der Waals surface area contributed by atoms with Crippen molar-refractivity contribution in [2.24, 2.45) is 7.05 Å². The minimum absolute atomic E-state index is 0.198. The van der Waals surface area contributed by atoms with Crippen LogP contribution in [0.15, 0.2) is 36.7 Å². The predicted octanol–water partition coefficient (Wildman–Crippen LogP) is 1.53. The Labute approximate surface area is 184 Å². The van der Waals surface area contributed by atoms with Crippen LogP contribution >= 0.6 is 11.8 Å². The summed E-state index contributed by atoms with van der Waals surface area (Å²) >= 11 is 1.80. The minimum Gasteiger partial charge on any atom is -0.338 e. The molecule has 0 spiro atoms. The van der Waals surface area contributed by atoms with E-state index in [4.69, 9.17) is 15.7 Å². The van der Waals surface area contributed by atoms with E-state index >= 15 is 0 Å². The van der Waals surface area contributed by atoms with Crippen LogP contribution in [0.3, 0.4) is 0 Å². The van der Waals surface area contributed by atoms with Crippen LogP contribution in [0.2, 0.25) is 0 Å². The van der Waals surface area contributed by atoms with Gasteiger partial charge < -0.3 is 9.80 Å². The number of carbonyl (C=O) groups excluding carboxylic acids is 1. The lowest BCUT2D eigenvalue weighted by Crippen LogP contribution is -2.60. The van der Waals surface area contributed by atoms with Crippen LogP contribution < -0.4 is 0 Å². The highest BCUT2D eigenvalue weighted by molar-refractivity contribution is 7.99. The summed E-state index contributed by atoms with van der Waals surface area (Å²) in [5, 5.41) is 3.39. The fourth-order valence-electron chi connectivity index (χ4n) is 4.07. The van der Waals surface area contributed by atoms with Crippen molar-refractivity contribution in [2.45, 2.75) is 23.4 Å². The molecule has 1 atom stereocenters. The normalized spacial score (nSPS) is 20.4. The Morgan fingerprint density at radius 2 is 1.93 bits per heavy atom. The molecule has 0 saturated carbocycles. The second kappa shape index (κ2) is 8.63. The van der Waals surface area contributed by atoms with Crippen molar-refractivity contribution < 1.29 is 4.79 Å². The van der Waals surface area contributed by atoms with Gasteiger partial charge in [0.15, 0.2) is 5.82 Å². The fraction of sp³-hybridized carbons (Fsp3) is 0.476. The molecule has 3 heterocycles. The van der Waals surface area contributed by atoms with E-state index in [1.807, 2.05) is 24.1 Å². The van der Waals surface area contributed by atoms with E-state index in [-0.39, 0.29) is 5.91 Å². The van der Waals surface area contributed by atoms with Crippen LogP contribution in [0.4, 0.5) is 0 Å². The summed E-state index contributed by atoms with van der Waals surface area (Å²) in [6, 6.07) is 8.22. The number of likely N-dealkylation sites (tertiary alicyclic amines) is 1. The number of amides is 1. The highest BCUT2D eigenvalue weighted by Gasteiger charge is 2.40. The van der Waals surface area contributed by atoms with Crippen molar-refractivity contribution in [2.75, 3.05) is 32.4 Å². The van der Waals surface area contributed by atoms with E-state index < -0.39 is 5.34 Å². The molecular weight excluding hydrogens is 392 g/mol. The Morgan fingerprint density at radius 1 is 1.20 bits per heavy atom. The van der Waals surface area contributed by atoms with Gasteiger partial charge >= 0.3 is 0 Å². The molecule has 9 heteroatoms. The van der Waals surface area contributed by atoms with Gasteiger partial charge in [-0.05, 0) is 36.8 Å². The Hall–Kier alpha value is -1.99. The number of rotatable bonds is 5. The highest BCUT2D eigenvalue weighted by Crippen LogP contribution is 2.28. The average molecular weight is 417 g/mol. The molecule has 2 aromatic rings. The van der Waals surface area contributed by atoms with Gasteiger partial charge in [0.1, 0.15) is 6.33 Å². The van der Waals surface area contributed by atoms with Crippen molar-refractivity contribution in [1.82, 2.24) is 24.6 Å². The number of aryl methyl sites for hydroxylation is 1. The molecule has 2 aliphatic heterocycles. The van der Waals surface area contributed by atoms with Crippen molar-refractivity contribution in [3.05, 3.63) is 42.2 Å². The minimum atomic E-state index is -1.44. The maximum Gasteiger partial charge on any atom is 0.225 e. The fourth-order valence-corrected chi connectivity index (χ4v) is 4.74. The topological polar surface area (TPSA) is 54.3 Å². The molecule has 6 nitrogen and oxygen atoms in total. The lowest BCUT2D eigenvalue weighted by atomic mass is 9.59. The molecule has 0 N–H and O–H groups in total. The highest BCUT2D eigenvalue weighted by atomic mass is 32.2. The Balaban J connectivity index is 1.40. The summed E-state index contributed by atoms with van der Waals surface area (Å²) < 4.78 is 1.69. The van der Waals surface area contributed by atoms with Gasteiger partial charge in [-0.3, -0.25) is 9.48 Å². The van der Waals surface area contributed by atoms with Crippen molar-refractivity contribution >= 4 is 38.9 Å². The third-order valence-electron chi connectivity index (χ3n) is 5.95. The van der Waals surface area contributed by atoms with Gasteiger partial charge in [0, 0.05) is 42.8 Å². The standard InChI is InChI=1S/C21H25B2N5OS/c1-26-14-24-19(25-26)17-5-3-15(4-6-17)16-7-10-27(11-8-16)20(29)21(22,23)28-12-9-18(13-28)30-2/h3-7,14,18H,8-13H2,1-2H3. The zero-order valence-corrected chi connectivity index (χ0v) is 18.3. The van der Waals surface area contributed by atoms with E-state index in [1.54, 1.807) is 27.7 Å². The average Bonchev–Trinajstić information content (AvgIpc) is 3.43. The Bertz CT molecular complexity index is 943. The van der Waals surface area contributed by atoms with Gasteiger partial charge in [-0.25, -0.2) is 4.98 Å². The molecule has 152 valence electrons. The quantitative estimate of drug-likeness (QED) is 0.691. The smallest absolute Gasteiger partial charge is 0.225 e. The van der Waals surface area contributed by atoms with Crippen molar-refractivity contribution in [1.29, 1.82) is 0 Å². The molecule has 1 unspecified atom stereocenters. The van der Waals surface area contributed by atoms with E-state index in [0.29, 0.717) is 24.2 Å². The first-order valence-electron chi connectivity index (χ1n) is 10.2. The molecule has 0 bridgehead atoms. The van der Waals surface area contributed by atoms with Crippen LogP contribution in [0.25, 0.3) is 17.0 Å². The van der Waals surface area contributed by atoms with Crippen LogP contribution in [0.5, 0.6) is 0 Å². The second-order valence-electron chi connectivity index (χ2n) is 7.97. The number of carbonyl (C=O) groups is 1. The Kier molecular flexibility index (Phi) is 6.11. The van der Waals surface area contributed by atoms with Crippen molar-refractivity contribution in [3.63, 3.8) is 0 Å². The SMILES string of the molecule is [B]C([B])(C(=O)N1CC=C(c2ccc(-c3ncn(C)n3)cc2)CC1)N1CCC(SC)C1. The molecule has 1 aromatic carbocycles. The molecule has 4 radical (unpaired) electrons. The molecule has 4 rings (SSSR count). The van der Waals surface area contributed by atoms with E-state index in [2.05, 4.69) is 34.5 Å². The molecule has 2 aliphatic rings. The van der Waals surface area contributed by atoms with Gasteiger partial charge in [0.2, 0.25) is 5.91 Å². The molecule has 30 heavy (non-hydrogen) atoms. The molecular formula is C21H25B2N5OS. The first-order valence-corrected chi connectivity index (χ1v) is 11.5. The molecule has 1 saturated heterocycles. The van der Waals surface area contributed by atoms with Crippen LogP contribution in [-0.4, -0.2) is 89.2 Å². The maximum atomic E-state index is 13.0. The molecule has 1 amide bonds. The lowest BCUT2D eigenvalue weighted by molar-refractivity contribution is -0.135. The summed E-state index contributed by atoms with van der Waals surface area (Å²) in [5.41, 5.74) is 3.36. The van der Waals surface area contributed by atoms with Gasteiger partial charge in [0.05, 0.1) is 15.7 Å². The van der Waals surface area contributed by atoms with Gasteiger partial charge in [0.25, 0.3) is 0 Å². The predicted molar refractivity (Wildman–Crippen MR) is 123 cm³/mol. The number of thioether (sulfide) groups is 1. The van der Waals surface area contributed by atoms with Crippen LogP contribution in [0.1, 0.15) is 18.4 Å². The zero-order chi connectivity index (χ0) is 21.3. The lowest BCUT2D eigenvalue weighted by Gasteiger charge is -2.40. The van der Waals surface area contributed by atoms with E-state index in [9.17, 15) is 4.79 Å². The summed E-state index contributed by atoms with van der Waals surface area (Å²) in [4.78, 5) is 21.0. The summed E-state index contributed by atoms with van der Waals surface area (Å²) in [7, 11) is 14.5. The first kappa shape index (κ1) is 21.2. The monoisotopic (exact) mass is 417 g/mol. The van der Waals surface area contributed by atoms with Gasteiger partial charge in [-0.1, -0.05) is 30.3 Å². The molecule has 1 aromatic heterocycles. The zero-order valence-electron chi connectivity index (χ0n) is 17.5. The third kappa shape index (κ3) is 4.23. The van der Waals surface area contributed by atoms with Crippen molar-refractivity contribution in [3.8, 4) is 11.4 Å². The number of nitrogens with zero attached hydrogens (tertiary/aromatic N) is 5. The summed E-state index contributed by atoms with van der Waals surface area (Å²) in [5.74, 6) is 0.516. The number of aromatic nitrogens is 3. The number of benzene rings is 1. The summed E-state index contributed by atoms with van der Waals surface area (Å²) in [6.45, 7) is 2.65. The van der Waals surface area contributed by atoms with Gasteiger partial charge in [-0.15, -0.1) is 0 Å². The number of hydrogen-bond acceptors (Lipinski definition) is 5. The summed E-state index contributed by atoms with van der Waals surface area (Å²) in [6.07, 6.45) is 7.66. The second-order valence-corrected chi connectivity index (χ2v) is 9.11. The largest absolute Gasteiger partial charge is 0.338 e. The van der Waals surface area contributed by atoms with Crippen LogP contribution in [0, 0.1) is 0 Å². The maximum absolute atomic E-state index is 13.0.